The van der Waals surface area contributed by atoms with Gasteiger partial charge in [-0.15, -0.1) is 0 Å². The minimum absolute atomic E-state index is 0.0161. The van der Waals surface area contributed by atoms with Gasteiger partial charge in [-0.1, -0.05) is 0 Å². The number of aliphatic hydroxyl groups excluding tert-OH is 2. The summed E-state index contributed by atoms with van der Waals surface area (Å²) in [5, 5.41) is 18.7. The summed E-state index contributed by atoms with van der Waals surface area (Å²) in [5.41, 5.74) is 0. The lowest BCUT2D eigenvalue weighted by Gasteiger charge is -2.20. The molecule has 0 aliphatic carbocycles. The normalized spacial score (nSPS) is 38.1. The van der Waals surface area contributed by atoms with E-state index in [0.29, 0.717) is 6.61 Å². The molecule has 1 fully saturated rings. The maximum atomic E-state index is 9.75. The van der Waals surface area contributed by atoms with Crippen LogP contribution in [-0.4, -0.2) is 68.8 Å². The highest BCUT2D eigenvalue weighted by atomic mass is 16.6. The molecule has 1 rings (SSSR count). The summed E-state index contributed by atoms with van der Waals surface area (Å²) in [4.78, 5) is 0. The molecule has 15 heavy (non-hydrogen) atoms. The van der Waals surface area contributed by atoms with Crippen molar-refractivity contribution in [2.45, 2.75) is 37.3 Å². The number of aliphatic hydroxyl groups is 2. The van der Waals surface area contributed by atoms with Crippen LogP contribution in [0, 0.1) is 0 Å². The molecule has 2 N–H and O–H groups in total. The van der Waals surface area contributed by atoms with E-state index in [-0.39, 0.29) is 24.8 Å². The second-order valence-corrected chi connectivity index (χ2v) is 3.90. The summed E-state index contributed by atoms with van der Waals surface area (Å²) in [5.74, 6) is 0. The molecule has 0 saturated carbocycles. The third kappa shape index (κ3) is 3.16. The van der Waals surface area contributed by atoms with E-state index in [1.54, 1.807) is 7.11 Å². The molecular formula is C9H19BO5. The van der Waals surface area contributed by atoms with E-state index in [1.807, 2.05) is 14.8 Å². The molecule has 2 unspecified atom stereocenters. The molecule has 1 heterocycles. The Labute approximate surface area is 90.7 Å². The first-order valence-corrected chi connectivity index (χ1v) is 5.19. The second-order valence-electron chi connectivity index (χ2n) is 3.90. The van der Waals surface area contributed by atoms with Gasteiger partial charge in [0, 0.05) is 7.11 Å². The molecule has 0 amide bonds. The molecule has 6 heteroatoms. The number of hydrogen-bond acceptors (Lipinski definition) is 5. The first-order chi connectivity index (χ1) is 7.10. The SMILES string of the molecule is B[C@@H]1O[C@H](CO)C(O)[C@@H]1OCC(C)OC. The topological polar surface area (TPSA) is 68.2 Å². The van der Waals surface area contributed by atoms with Gasteiger partial charge >= 0.3 is 0 Å². The number of hydrogen-bond donors (Lipinski definition) is 2. The summed E-state index contributed by atoms with van der Waals surface area (Å²) >= 11 is 0. The fourth-order valence-corrected chi connectivity index (χ4v) is 1.62. The van der Waals surface area contributed by atoms with Crippen molar-refractivity contribution in [3.63, 3.8) is 0 Å². The second kappa shape index (κ2) is 5.82. The molecule has 1 saturated heterocycles. The molecule has 0 aromatic rings. The van der Waals surface area contributed by atoms with E-state index in [1.165, 1.54) is 0 Å². The van der Waals surface area contributed by atoms with Gasteiger partial charge < -0.3 is 24.4 Å². The highest BCUT2D eigenvalue weighted by molar-refractivity contribution is 6.11. The molecule has 88 valence electrons. The Morgan fingerprint density at radius 3 is 2.67 bits per heavy atom. The van der Waals surface area contributed by atoms with Crippen LogP contribution in [0.5, 0.6) is 0 Å². The van der Waals surface area contributed by atoms with Crippen molar-refractivity contribution in [2.75, 3.05) is 20.3 Å². The van der Waals surface area contributed by atoms with Gasteiger partial charge in [0.15, 0.2) is 0 Å². The zero-order chi connectivity index (χ0) is 11.4. The number of methoxy groups -OCH3 is 1. The molecule has 0 aromatic heterocycles. The van der Waals surface area contributed by atoms with Crippen molar-refractivity contribution in [1.29, 1.82) is 0 Å². The Hall–Kier alpha value is -0.135. The predicted octanol–water partition coefficient (Wildman–Crippen LogP) is -1.88. The lowest BCUT2D eigenvalue weighted by Crippen LogP contribution is -2.38. The van der Waals surface area contributed by atoms with Crippen LogP contribution in [0.15, 0.2) is 0 Å². The van der Waals surface area contributed by atoms with Crippen molar-refractivity contribution < 1.29 is 24.4 Å². The quantitative estimate of drug-likeness (QED) is 0.528. The summed E-state index contributed by atoms with van der Waals surface area (Å²) in [7, 11) is 3.43. The zero-order valence-corrected chi connectivity index (χ0v) is 9.42. The van der Waals surface area contributed by atoms with Crippen LogP contribution in [0.1, 0.15) is 6.92 Å². The van der Waals surface area contributed by atoms with Crippen LogP contribution in [-0.2, 0) is 14.2 Å². The van der Waals surface area contributed by atoms with Crippen LogP contribution >= 0.6 is 0 Å². The number of ether oxygens (including phenoxy) is 3. The Morgan fingerprint density at radius 1 is 1.53 bits per heavy atom. The molecule has 0 spiro atoms. The summed E-state index contributed by atoms with van der Waals surface area (Å²) < 4.78 is 15.9. The van der Waals surface area contributed by atoms with Crippen molar-refractivity contribution in [3.05, 3.63) is 0 Å². The van der Waals surface area contributed by atoms with Crippen molar-refractivity contribution in [1.82, 2.24) is 0 Å². The average Bonchev–Trinajstić information content (AvgIpc) is 2.51. The summed E-state index contributed by atoms with van der Waals surface area (Å²) in [6, 6.07) is -0.207. The smallest absolute Gasteiger partial charge is 0.142 e. The first kappa shape index (κ1) is 12.9. The lowest BCUT2D eigenvalue weighted by atomic mass is 9.93. The van der Waals surface area contributed by atoms with Gasteiger partial charge in [0.05, 0.1) is 25.3 Å². The molecule has 1 aliphatic rings. The van der Waals surface area contributed by atoms with Crippen molar-refractivity contribution in [2.24, 2.45) is 0 Å². The van der Waals surface area contributed by atoms with Crippen LogP contribution in [0.3, 0.4) is 0 Å². The lowest BCUT2D eigenvalue weighted by molar-refractivity contribution is -0.0612. The molecule has 5 atom stereocenters. The van der Waals surface area contributed by atoms with Gasteiger partial charge in [0.1, 0.15) is 26.2 Å². The largest absolute Gasteiger partial charge is 0.394 e. The van der Waals surface area contributed by atoms with Gasteiger partial charge in [-0.2, -0.15) is 0 Å². The molecule has 0 radical (unpaired) electrons. The Kier molecular flexibility index (Phi) is 5.01. The fraction of sp³-hybridized carbons (Fsp3) is 1.00. The third-order valence-electron chi connectivity index (χ3n) is 2.68. The van der Waals surface area contributed by atoms with E-state index in [9.17, 15) is 5.11 Å². The van der Waals surface area contributed by atoms with E-state index >= 15 is 0 Å². The molecule has 0 bridgehead atoms. The Morgan fingerprint density at radius 2 is 2.20 bits per heavy atom. The molecule has 5 nitrogen and oxygen atoms in total. The van der Waals surface area contributed by atoms with Gasteiger partial charge in [-0.3, -0.25) is 0 Å². The van der Waals surface area contributed by atoms with Crippen LogP contribution in [0.4, 0.5) is 0 Å². The Bertz CT molecular complexity index is 191. The van der Waals surface area contributed by atoms with Gasteiger partial charge in [0.25, 0.3) is 0 Å². The van der Waals surface area contributed by atoms with E-state index < -0.39 is 12.2 Å². The van der Waals surface area contributed by atoms with Crippen molar-refractivity contribution >= 4 is 7.85 Å². The monoisotopic (exact) mass is 218 g/mol. The maximum absolute atomic E-state index is 9.75. The first-order valence-electron chi connectivity index (χ1n) is 5.19. The van der Waals surface area contributed by atoms with Crippen LogP contribution in [0.25, 0.3) is 0 Å². The summed E-state index contributed by atoms with van der Waals surface area (Å²) in [6.07, 6.45) is -1.71. The van der Waals surface area contributed by atoms with E-state index in [4.69, 9.17) is 19.3 Å². The minimum Gasteiger partial charge on any atom is -0.394 e. The van der Waals surface area contributed by atoms with Crippen LogP contribution in [0.2, 0.25) is 0 Å². The predicted molar refractivity (Wildman–Crippen MR) is 56.5 cm³/mol. The van der Waals surface area contributed by atoms with E-state index in [2.05, 4.69) is 0 Å². The van der Waals surface area contributed by atoms with Crippen molar-refractivity contribution in [3.8, 4) is 0 Å². The molecule has 0 aromatic carbocycles. The molecule has 1 aliphatic heterocycles. The minimum atomic E-state index is -0.769. The van der Waals surface area contributed by atoms with Crippen LogP contribution < -0.4 is 0 Å². The highest BCUT2D eigenvalue weighted by Crippen LogP contribution is 2.22. The maximum Gasteiger partial charge on any atom is 0.142 e. The molecular weight excluding hydrogens is 199 g/mol. The van der Waals surface area contributed by atoms with E-state index in [0.717, 1.165) is 0 Å². The number of rotatable bonds is 5. The standard InChI is InChI=1S/C9H19BO5/c1-5(13-2)4-14-8-7(12)6(3-11)15-9(8)10/h5-9,11-12H,3-4,10H2,1-2H3/t5?,6-,7?,8+,9-/m1/s1. The average molecular weight is 218 g/mol. The summed E-state index contributed by atoms with van der Waals surface area (Å²) in [6.45, 7) is 2.10. The third-order valence-corrected chi connectivity index (χ3v) is 2.68. The zero-order valence-electron chi connectivity index (χ0n) is 9.42. The van der Waals surface area contributed by atoms with Gasteiger partial charge in [-0.05, 0) is 6.92 Å². The highest BCUT2D eigenvalue weighted by Gasteiger charge is 2.41. The van der Waals surface area contributed by atoms with Gasteiger partial charge in [-0.25, -0.2) is 0 Å². The fourth-order valence-electron chi connectivity index (χ4n) is 1.62. The Balaban J connectivity index is 2.40. The van der Waals surface area contributed by atoms with Gasteiger partial charge in [0.2, 0.25) is 0 Å².